The van der Waals surface area contributed by atoms with Crippen LogP contribution in [-0.4, -0.2) is 16.8 Å². The Bertz CT molecular complexity index is 68.5. The third kappa shape index (κ3) is 6.01. The highest BCUT2D eigenvalue weighted by atomic mass is 16.5. The molecule has 4 N–H and O–H groups in total. The Kier molecular flexibility index (Phi) is 7.09. The quantitative estimate of drug-likeness (QED) is 0.514. The zero-order valence-corrected chi connectivity index (χ0v) is 7.60. The van der Waals surface area contributed by atoms with E-state index in [0.717, 1.165) is 0 Å². The Labute approximate surface area is 63.6 Å². The van der Waals surface area contributed by atoms with Crippen molar-refractivity contribution in [3.05, 3.63) is 0 Å². The first-order chi connectivity index (χ1) is 4.48. The second-order valence-electron chi connectivity index (χ2n) is 2.67. The molecule has 1 unspecified atom stereocenters. The molecule has 0 heterocycles. The van der Waals surface area contributed by atoms with Gasteiger partial charge in [-0.25, -0.2) is 5.48 Å². The van der Waals surface area contributed by atoms with Crippen LogP contribution in [0, 0.1) is 0 Å². The molecule has 0 saturated heterocycles. The molecule has 3 nitrogen and oxygen atoms in total. The molecular formula is C7H20N2O. The summed E-state index contributed by atoms with van der Waals surface area (Å²) in [6.45, 7) is 9.52. The molecule has 0 fully saturated rings. The predicted octanol–water partition coefficient (Wildman–Crippen LogP) is 1.12. The number of hydrogen-bond donors (Lipinski definition) is 3. The van der Waals surface area contributed by atoms with Crippen molar-refractivity contribution in [2.45, 2.75) is 46.2 Å². The van der Waals surface area contributed by atoms with E-state index in [2.05, 4.69) is 5.48 Å². The van der Waals surface area contributed by atoms with E-state index < -0.39 is 0 Å². The van der Waals surface area contributed by atoms with E-state index in [0.29, 0.717) is 0 Å². The van der Waals surface area contributed by atoms with Gasteiger partial charge in [0.05, 0.1) is 0 Å². The van der Waals surface area contributed by atoms with E-state index in [9.17, 15) is 0 Å². The Hall–Kier alpha value is -0.120. The molecule has 0 bridgehead atoms. The molecule has 10 heavy (non-hydrogen) atoms. The summed E-state index contributed by atoms with van der Waals surface area (Å²) in [5.74, 6) is 0. The van der Waals surface area contributed by atoms with Crippen LogP contribution in [0.2, 0.25) is 0 Å². The zero-order valence-electron chi connectivity index (χ0n) is 7.60. The van der Waals surface area contributed by atoms with Crippen molar-refractivity contribution < 1.29 is 5.21 Å². The second kappa shape index (κ2) is 5.65. The molecule has 0 amide bonds. The summed E-state index contributed by atoms with van der Waals surface area (Å²) in [5, 5.41) is 8.34. The summed E-state index contributed by atoms with van der Waals surface area (Å²) in [4.78, 5) is 0. The first-order valence-electron chi connectivity index (χ1n) is 3.67. The van der Waals surface area contributed by atoms with Gasteiger partial charge >= 0.3 is 0 Å². The fourth-order valence-electron chi connectivity index (χ4n) is 0.166. The van der Waals surface area contributed by atoms with E-state index in [-0.39, 0.29) is 11.6 Å². The topological polar surface area (TPSA) is 58.3 Å². The average molecular weight is 148 g/mol. The van der Waals surface area contributed by atoms with Crippen molar-refractivity contribution in [1.82, 2.24) is 5.48 Å². The van der Waals surface area contributed by atoms with Gasteiger partial charge in [0.15, 0.2) is 0 Å². The minimum absolute atomic E-state index is 0.0671. The van der Waals surface area contributed by atoms with Gasteiger partial charge in [-0.15, -0.1) is 0 Å². The summed E-state index contributed by atoms with van der Waals surface area (Å²) in [6.07, 6.45) is 0. The lowest BCUT2D eigenvalue weighted by Crippen LogP contribution is -2.50. The Balaban J connectivity index is 0. The summed E-state index contributed by atoms with van der Waals surface area (Å²) in [7, 11) is 0. The number of nitrogens with one attached hydrogen (secondary N) is 1. The van der Waals surface area contributed by atoms with Crippen molar-refractivity contribution in [2.24, 2.45) is 5.73 Å². The Morgan fingerprint density at radius 2 is 1.70 bits per heavy atom. The van der Waals surface area contributed by atoms with Crippen LogP contribution in [0.4, 0.5) is 0 Å². The SMILES string of the molecule is CC.CC(NO)C(C)(C)N. The van der Waals surface area contributed by atoms with E-state index in [1.807, 2.05) is 34.6 Å². The fraction of sp³-hybridized carbons (Fsp3) is 1.00. The van der Waals surface area contributed by atoms with E-state index in [1.165, 1.54) is 0 Å². The molecule has 0 aliphatic carbocycles. The van der Waals surface area contributed by atoms with Crippen molar-refractivity contribution in [3.63, 3.8) is 0 Å². The molecule has 0 radical (unpaired) electrons. The first-order valence-corrected chi connectivity index (χ1v) is 3.67. The van der Waals surface area contributed by atoms with Crippen LogP contribution >= 0.6 is 0 Å². The number of rotatable bonds is 2. The first kappa shape index (κ1) is 12.5. The van der Waals surface area contributed by atoms with E-state index in [4.69, 9.17) is 10.9 Å². The predicted molar refractivity (Wildman–Crippen MR) is 44.0 cm³/mol. The minimum atomic E-state index is -0.352. The highest BCUT2D eigenvalue weighted by molar-refractivity contribution is 4.81. The molecule has 64 valence electrons. The van der Waals surface area contributed by atoms with Crippen molar-refractivity contribution in [1.29, 1.82) is 0 Å². The highest BCUT2D eigenvalue weighted by Gasteiger charge is 2.18. The van der Waals surface area contributed by atoms with Crippen LogP contribution < -0.4 is 11.2 Å². The number of hydroxylamine groups is 1. The van der Waals surface area contributed by atoms with Crippen LogP contribution in [0.15, 0.2) is 0 Å². The molecule has 0 spiro atoms. The van der Waals surface area contributed by atoms with Gasteiger partial charge in [-0.1, -0.05) is 13.8 Å². The van der Waals surface area contributed by atoms with Gasteiger partial charge < -0.3 is 10.9 Å². The van der Waals surface area contributed by atoms with Gasteiger partial charge in [0.2, 0.25) is 0 Å². The summed E-state index contributed by atoms with van der Waals surface area (Å²) < 4.78 is 0. The zero-order chi connectivity index (χ0) is 8.78. The van der Waals surface area contributed by atoms with Crippen molar-refractivity contribution in [2.75, 3.05) is 0 Å². The molecule has 3 heteroatoms. The van der Waals surface area contributed by atoms with Crippen molar-refractivity contribution >= 4 is 0 Å². The molecule has 0 saturated carbocycles. The third-order valence-electron chi connectivity index (χ3n) is 1.31. The molecule has 0 aromatic heterocycles. The van der Waals surface area contributed by atoms with Crippen LogP contribution in [-0.2, 0) is 0 Å². The molecule has 0 aliphatic heterocycles. The van der Waals surface area contributed by atoms with Crippen LogP contribution in [0.3, 0.4) is 0 Å². The highest BCUT2D eigenvalue weighted by Crippen LogP contribution is 2.01. The maximum Gasteiger partial charge on any atom is 0.0465 e. The van der Waals surface area contributed by atoms with Crippen LogP contribution in [0.25, 0.3) is 0 Å². The molecule has 0 aliphatic rings. The minimum Gasteiger partial charge on any atom is -0.324 e. The van der Waals surface area contributed by atoms with Gasteiger partial charge in [0, 0.05) is 11.6 Å². The van der Waals surface area contributed by atoms with Gasteiger partial charge in [-0.05, 0) is 20.8 Å². The summed E-state index contributed by atoms with van der Waals surface area (Å²) in [5.41, 5.74) is 7.29. The smallest absolute Gasteiger partial charge is 0.0465 e. The number of hydrogen-bond acceptors (Lipinski definition) is 3. The van der Waals surface area contributed by atoms with E-state index in [1.54, 1.807) is 0 Å². The maximum atomic E-state index is 8.34. The average Bonchev–Trinajstić information content (AvgIpc) is 1.89. The lowest BCUT2D eigenvalue weighted by atomic mass is 9.99. The molecular weight excluding hydrogens is 128 g/mol. The molecule has 1 atom stereocenters. The van der Waals surface area contributed by atoms with Crippen molar-refractivity contribution in [3.8, 4) is 0 Å². The normalized spacial score (nSPS) is 13.5. The lowest BCUT2D eigenvalue weighted by molar-refractivity contribution is 0.103. The van der Waals surface area contributed by atoms with Crippen LogP contribution in [0.1, 0.15) is 34.6 Å². The molecule has 0 aromatic carbocycles. The Morgan fingerprint density at radius 1 is 1.40 bits per heavy atom. The Morgan fingerprint density at radius 3 is 1.70 bits per heavy atom. The fourth-order valence-corrected chi connectivity index (χ4v) is 0.166. The van der Waals surface area contributed by atoms with Crippen LogP contribution in [0.5, 0.6) is 0 Å². The lowest BCUT2D eigenvalue weighted by Gasteiger charge is -2.25. The second-order valence-corrected chi connectivity index (χ2v) is 2.67. The van der Waals surface area contributed by atoms with E-state index >= 15 is 0 Å². The summed E-state index contributed by atoms with van der Waals surface area (Å²) in [6, 6.07) is -0.0671. The number of nitrogens with two attached hydrogens (primary N) is 1. The monoisotopic (exact) mass is 148 g/mol. The summed E-state index contributed by atoms with van der Waals surface area (Å²) >= 11 is 0. The maximum absolute atomic E-state index is 8.34. The standard InChI is InChI=1S/C5H14N2O.C2H6/c1-4(7-8)5(2,3)6;1-2/h4,7-8H,6H2,1-3H3;1-2H3. The molecule has 0 aromatic rings. The van der Waals surface area contributed by atoms with Gasteiger partial charge in [-0.2, -0.15) is 0 Å². The van der Waals surface area contributed by atoms with Gasteiger partial charge in [0.1, 0.15) is 0 Å². The molecule has 0 rings (SSSR count). The largest absolute Gasteiger partial charge is 0.324 e. The third-order valence-corrected chi connectivity index (χ3v) is 1.31. The van der Waals surface area contributed by atoms with Gasteiger partial charge in [0.25, 0.3) is 0 Å². The van der Waals surface area contributed by atoms with Gasteiger partial charge in [-0.3, -0.25) is 0 Å².